The molecule has 0 aliphatic heterocycles. The summed E-state index contributed by atoms with van der Waals surface area (Å²) in [4.78, 5) is 11.8. The zero-order chi connectivity index (χ0) is 18.5. The van der Waals surface area contributed by atoms with Crippen LogP contribution >= 0.6 is 11.3 Å². The fraction of sp³-hybridized carbons (Fsp3) is 0.158. The highest BCUT2D eigenvalue weighted by atomic mass is 32.1. The van der Waals surface area contributed by atoms with Gasteiger partial charge in [0.15, 0.2) is 0 Å². The van der Waals surface area contributed by atoms with Crippen molar-refractivity contribution >= 4 is 22.7 Å². The van der Waals surface area contributed by atoms with Gasteiger partial charge in [0.05, 0.1) is 18.6 Å². The van der Waals surface area contributed by atoms with Crippen molar-refractivity contribution in [2.75, 3.05) is 12.4 Å². The molecule has 0 fully saturated rings. The number of hydrogen-bond acceptors (Lipinski definition) is 6. The van der Waals surface area contributed by atoms with Gasteiger partial charge in [-0.15, -0.1) is 11.3 Å². The summed E-state index contributed by atoms with van der Waals surface area (Å²) in [6.07, 6.45) is 0. The number of nitrogens with zero attached hydrogens (tertiary/aromatic N) is 1. The molecule has 0 aliphatic carbocycles. The average Bonchev–Trinajstić information content (AvgIpc) is 3.15. The molecule has 1 heterocycles. The maximum absolute atomic E-state index is 11.2. The number of nitrogens with one attached hydrogen (secondary N) is 1. The third kappa shape index (κ3) is 4.01. The Hall–Kier alpha value is -2.90. The molecule has 3 aromatic rings. The summed E-state index contributed by atoms with van der Waals surface area (Å²) in [5.74, 6) is 0.807. The first-order chi connectivity index (χ1) is 12.6. The largest absolute Gasteiger partial charge is 0.497 e. The molecule has 134 valence electrons. The number of ether oxygens (including phenoxy) is 1. The van der Waals surface area contributed by atoms with Crippen LogP contribution in [0.25, 0.3) is 11.1 Å². The molecule has 6 nitrogen and oxygen atoms in total. The van der Waals surface area contributed by atoms with E-state index in [9.17, 15) is 15.2 Å². The van der Waals surface area contributed by atoms with Gasteiger partial charge in [-0.25, -0.2) is 0 Å². The second-order valence-electron chi connectivity index (χ2n) is 5.65. The Kier molecular flexibility index (Phi) is 5.50. The number of hydrogen-bond donors (Lipinski definition) is 2. The summed E-state index contributed by atoms with van der Waals surface area (Å²) in [5.41, 5.74) is 3.20. The lowest BCUT2D eigenvalue weighted by atomic mass is 10.1. The number of rotatable bonds is 7. The van der Waals surface area contributed by atoms with Crippen molar-refractivity contribution in [3.63, 3.8) is 0 Å². The summed E-state index contributed by atoms with van der Waals surface area (Å²) in [6, 6.07) is 14.4. The van der Waals surface area contributed by atoms with Crippen molar-refractivity contribution in [1.82, 2.24) is 0 Å². The van der Waals surface area contributed by atoms with E-state index in [1.54, 1.807) is 30.6 Å². The molecule has 0 aliphatic rings. The van der Waals surface area contributed by atoms with Gasteiger partial charge < -0.3 is 15.2 Å². The molecule has 0 spiro atoms. The van der Waals surface area contributed by atoms with E-state index in [0.29, 0.717) is 17.8 Å². The molecule has 1 aromatic heterocycles. The van der Waals surface area contributed by atoms with E-state index in [2.05, 4.69) is 16.8 Å². The molecule has 0 bridgehead atoms. The lowest BCUT2D eigenvalue weighted by Gasteiger charge is -2.07. The number of benzene rings is 2. The fourth-order valence-corrected chi connectivity index (χ4v) is 3.41. The molecule has 0 amide bonds. The van der Waals surface area contributed by atoms with Crippen LogP contribution in [-0.4, -0.2) is 17.1 Å². The van der Waals surface area contributed by atoms with E-state index >= 15 is 0 Å². The van der Waals surface area contributed by atoms with Crippen molar-refractivity contribution in [3.05, 3.63) is 74.5 Å². The molecule has 2 aromatic carbocycles. The molecule has 26 heavy (non-hydrogen) atoms. The van der Waals surface area contributed by atoms with Crippen molar-refractivity contribution in [2.24, 2.45) is 0 Å². The normalized spacial score (nSPS) is 10.5. The van der Waals surface area contributed by atoms with Gasteiger partial charge in [0.1, 0.15) is 11.4 Å². The van der Waals surface area contributed by atoms with Crippen molar-refractivity contribution < 1.29 is 14.8 Å². The van der Waals surface area contributed by atoms with Gasteiger partial charge in [0.2, 0.25) is 0 Å². The van der Waals surface area contributed by atoms with Gasteiger partial charge in [-0.2, -0.15) is 0 Å². The lowest BCUT2D eigenvalue weighted by molar-refractivity contribution is -0.384. The molecule has 3 rings (SSSR count). The van der Waals surface area contributed by atoms with Crippen molar-refractivity contribution in [3.8, 4) is 16.9 Å². The van der Waals surface area contributed by atoms with E-state index < -0.39 is 4.92 Å². The zero-order valence-corrected chi connectivity index (χ0v) is 15.0. The molecular weight excluding hydrogens is 352 g/mol. The Bertz CT molecular complexity index is 906. The number of aliphatic hydroxyl groups excluding tert-OH is 1. The minimum Gasteiger partial charge on any atom is -0.497 e. The van der Waals surface area contributed by atoms with Crippen LogP contribution in [-0.2, 0) is 13.2 Å². The van der Waals surface area contributed by atoms with Crippen LogP contribution in [0.5, 0.6) is 5.75 Å². The molecule has 7 heteroatoms. The molecule has 2 N–H and O–H groups in total. The Morgan fingerprint density at radius 1 is 1.15 bits per heavy atom. The Morgan fingerprint density at radius 2 is 1.92 bits per heavy atom. The van der Waals surface area contributed by atoms with Gasteiger partial charge in [0, 0.05) is 17.5 Å². The minimum absolute atomic E-state index is 0.00543. The van der Waals surface area contributed by atoms with E-state index in [4.69, 9.17) is 4.74 Å². The monoisotopic (exact) mass is 370 g/mol. The van der Waals surface area contributed by atoms with Crippen LogP contribution in [0, 0.1) is 10.1 Å². The Morgan fingerprint density at radius 3 is 2.58 bits per heavy atom. The highest BCUT2D eigenvalue weighted by Crippen LogP contribution is 2.30. The standard InChI is InChI=1S/C19H18N2O4S/c1-25-16-5-3-14(4-6-16)15-9-17(26-12-15)10-20-18-8-13(11-22)2-7-19(18)21(23)24/h2-9,12,20,22H,10-11H2,1H3. The van der Waals surface area contributed by atoms with E-state index in [1.807, 2.05) is 24.3 Å². The number of nitro groups is 1. The number of methoxy groups -OCH3 is 1. The summed E-state index contributed by atoms with van der Waals surface area (Å²) < 4.78 is 5.17. The predicted octanol–water partition coefficient (Wildman–Crippen LogP) is 4.44. The van der Waals surface area contributed by atoms with Crippen molar-refractivity contribution in [1.29, 1.82) is 0 Å². The van der Waals surface area contributed by atoms with Crippen LogP contribution in [0.2, 0.25) is 0 Å². The number of thiophene rings is 1. The molecule has 0 saturated carbocycles. The predicted molar refractivity (Wildman–Crippen MR) is 103 cm³/mol. The molecule has 0 radical (unpaired) electrons. The third-order valence-corrected chi connectivity index (χ3v) is 4.91. The van der Waals surface area contributed by atoms with E-state index in [-0.39, 0.29) is 12.3 Å². The summed E-state index contributed by atoms with van der Waals surface area (Å²) in [6.45, 7) is 0.309. The molecule has 0 unspecified atom stereocenters. The van der Waals surface area contributed by atoms with Crippen molar-refractivity contribution in [2.45, 2.75) is 13.2 Å². The second-order valence-corrected chi connectivity index (χ2v) is 6.65. The zero-order valence-electron chi connectivity index (χ0n) is 14.1. The first-order valence-electron chi connectivity index (χ1n) is 7.94. The van der Waals surface area contributed by atoms with Crippen LogP contribution in [0.1, 0.15) is 10.4 Å². The topological polar surface area (TPSA) is 84.6 Å². The molecular formula is C19H18N2O4S. The first kappa shape index (κ1) is 17.9. The highest BCUT2D eigenvalue weighted by Gasteiger charge is 2.14. The van der Waals surface area contributed by atoms with Gasteiger partial charge in [-0.05, 0) is 52.4 Å². The Labute approximate surface area is 154 Å². The second kappa shape index (κ2) is 7.99. The summed E-state index contributed by atoms with van der Waals surface area (Å²) in [7, 11) is 1.63. The van der Waals surface area contributed by atoms with Gasteiger partial charge >= 0.3 is 0 Å². The van der Waals surface area contributed by atoms with Crippen LogP contribution in [0.15, 0.2) is 53.9 Å². The fourth-order valence-electron chi connectivity index (χ4n) is 2.57. The first-order valence-corrected chi connectivity index (χ1v) is 8.82. The maximum Gasteiger partial charge on any atom is 0.292 e. The molecule has 0 saturated heterocycles. The van der Waals surface area contributed by atoms with E-state index in [0.717, 1.165) is 21.8 Å². The highest BCUT2D eigenvalue weighted by molar-refractivity contribution is 7.10. The lowest BCUT2D eigenvalue weighted by Crippen LogP contribution is -2.02. The quantitative estimate of drug-likeness (QED) is 0.474. The van der Waals surface area contributed by atoms with Crippen LogP contribution in [0.3, 0.4) is 0 Å². The average molecular weight is 370 g/mol. The molecule has 0 atom stereocenters. The van der Waals surface area contributed by atoms with Gasteiger partial charge in [-0.3, -0.25) is 10.1 Å². The SMILES string of the molecule is COc1ccc(-c2csc(CNc3cc(CO)ccc3[N+](=O)[O-])c2)cc1. The Balaban J connectivity index is 1.74. The van der Waals surface area contributed by atoms with Crippen LogP contribution in [0.4, 0.5) is 11.4 Å². The third-order valence-electron chi connectivity index (χ3n) is 3.97. The maximum atomic E-state index is 11.2. The number of aliphatic hydroxyl groups is 1. The smallest absolute Gasteiger partial charge is 0.292 e. The van der Waals surface area contributed by atoms with Gasteiger partial charge in [0.25, 0.3) is 5.69 Å². The van der Waals surface area contributed by atoms with E-state index in [1.165, 1.54) is 6.07 Å². The van der Waals surface area contributed by atoms with Gasteiger partial charge in [-0.1, -0.05) is 12.1 Å². The summed E-state index contributed by atoms with van der Waals surface area (Å²) in [5, 5.41) is 25.6. The van der Waals surface area contributed by atoms with Crippen LogP contribution < -0.4 is 10.1 Å². The number of nitro benzene ring substituents is 1. The summed E-state index contributed by atoms with van der Waals surface area (Å²) >= 11 is 1.58. The number of anilines is 1. The minimum atomic E-state index is -0.430.